The smallest absolute Gasteiger partial charge is 0.248 e. The summed E-state index contributed by atoms with van der Waals surface area (Å²) in [6, 6.07) is 1.88. The van der Waals surface area contributed by atoms with E-state index in [-0.39, 0.29) is 17.7 Å². The fourth-order valence-corrected chi connectivity index (χ4v) is 3.74. The Labute approximate surface area is 159 Å². The molecule has 26 heavy (non-hydrogen) atoms. The third-order valence-electron chi connectivity index (χ3n) is 4.60. The van der Waals surface area contributed by atoms with Gasteiger partial charge in [-0.25, -0.2) is 4.98 Å². The lowest BCUT2D eigenvalue weighted by molar-refractivity contribution is -0.136. The van der Waals surface area contributed by atoms with E-state index in [9.17, 15) is 4.79 Å². The van der Waals surface area contributed by atoms with Gasteiger partial charge in [-0.05, 0) is 6.07 Å². The number of fused-ring (bicyclic) bond motifs is 3. The molecule has 3 aromatic rings. The SMILES string of the molecule is COCC(=O)N1CCc2[nH]c3c(Cl)c(Cl)nc(-c4ccn(C)n4)c3c2C1. The molecule has 0 aliphatic carbocycles. The van der Waals surface area contributed by atoms with Gasteiger partial charge in [0.05, 0.1) is 5.52 Å². The van der Waals surface area contributed by atoms with Gasteiger partial charge in [-0.15, -0.1) is 0 Å². The Morgan fingerprint density at radius 3 is 2.92 bits per heavy atom. The summed E-state index contributed by atoms with van der Waals surface area (Å²) in [5.41, 5.74) is 4.15. The third kappa shape index (κ3) is 2.76. The molecule has 3 aromatic heterocycles. The molecule has 1 aliphatic heterocycles. The second-order valence-corrected chi connectivity index (χ2v) is 7.01. The van der Waals surface area contributed by atoms with E-state index in [4.69, 9.17) is 27.9 Å². The van der Waals surface area contributed by atoms with E-state index in [0.29, 0.717) is 35.9 Å². The molecule has 0 fully saturated rings. The highest BCUT2D eigenvalue weighted by Crippen LogP contribution is 2.39. The van der Waals surface area contributed by atoms with Crippen LogP contribution in [0.2, 0.25) is 10.2 Å². The number of hydrogen-bond donors (Lipinski definition) is 1. The molecule has 9 heteroatoms. The van der Waals surface area contributed by atoms with Crippen LogP contribution in [0.5, 0.6) is 0 Å². The van der Waals surface area contributed by atoms with Crippen LogP contribution >= 0.6 is 23.2 Å². The Morgan fingerprint density at radius 1 is 1.42 bits per heavy atom. The molecule has 0 saturated heterocycles. The van der Waals surface area contributed by atoms with Crippen LogP contribution in [-0.4, -0.2) is 50.8 Å². The third-order valence-corrected chi connectivity index (χ3v) is 5.33. The number of nitrogens with zero attached hydrogens (tertiary/aromatic N) is 4. The normalized spacial score (nSPS) is 14.1. The summed E-state index contributed by atoms with van der Waals surface area (Å²) in [6.45, 7) is 1.16. The maximum absolute atomic E-state index is 12.3. The number of ether oxygens (including phenoxy) is 1. The maximum Gasteiger partial charge on any atom is 0.248 e. The minimum Gasteiger partial charge on any atom is -0.375 e. The van der Waals surface area contributed by atoms with Crippen molar-refractivity contribution in [2.45, 2.75) is 13.0 Å². The molecule has 136 valence electrons. The number of halogens is 2. The first-order valence-electron chi connectivity index (χ1n) is 8.14. The fourth-order valence-electron chi connectivity index (χ4n) is 3.38. The lowest BCUT2D eigenvalue weighted by Crippen LogP contribution is -2.37. The molecule has 0 bridgehead atoms. The number of aromatic amines is 1. The zero-order chi connectivity index (χ0) is 18.4. The monoisotopic (exact) mass is 393 g/mol. The minimum absolute atomic E-state index is 0.0418. The van der Waals surface area contributed by atoms with Crippen molar-refractivity contribution in [2.24, 2.45) is 7.05 Å². The molecule has 0 atom stereocenters. The van der Waals surface area contributed by atoms with E-state index in [1.807, 2.05) is 19.3 Å². The quantitative estimate of drug-likeness (QED) is 0.694. The molecule has 4 heterocycles. The summed E-state index contributed by atoms with van der Waals surface area (Å²) < 4.78 is 6.69. The Balaban J connectivity index is 1.90. The predicted molar refractivity (Wildman–Crippen MR) is 99.3 cm³/mol. The van der Waals surface area contributed by atoms with E-state index in [2.05, 4.69) is 15.1 Å². The average Bonchev–Trinajstić information content (AvgIpc) is 3.22. The van der Waals surface area contributed by atoms with Crippen LogP contribution < -0.4 is 0 Å². The van der Waals surface area contributed by atoms with Crippen molar-refractivity contribution in [3.8, 4) is 11.4 Å². The topological polar surface area (TPSA) is 76.0 Å². The summed E-state index contributed by atoms with van der Waals surface area (Å²) in [7, 11) is 3.36. The van der Waals surface area contributed by atoms with Gasteiger partial charge in [0.15, 0.2) is 5.15 Å². The molecule has 1 N–H and O–H groups in total. The van der Waals surface area contributed by atoms with Crippen molar-refractivity contribution in [3.63, 3.8) is 0 Å². The second-order valence-electron chi connectivity index (χ2n) is 6.27. The highest BCUT2D eigenvalue weighted by Gasteiger charge is 2.28. The maximum atomic E-state index is 12.3. The van der Waals surface area contributed by atoms with Crippen molar-refractivity contribution in [2.75, 3.05) is 20.3 Å². The lowest BCUT2D eigenvalue weighted by atomic mass is 10.0. The molecule has 1 aliphatic rings. The molecule has 7 nitrogen and oxygen atoms in total. The van der Waals surface area contributed by atoms with Gasteiger partial charge in [0, 0.05) is 56.5 Å². The largest absolute Gasteiger partial charge is 0.375 e. The zero-order valence-electron chi connectivity index (χ0n) is 14.3. The molecule has 0 aromatic carbocycles. The van der Waals surface area contributed by atoms with E-state index >= 15 is 0 Å². The number of aryl methyl sites for hydroxylation is 1. The van der Waals surface area contributed by atoms with Crippen LogP contribution in [0.4, 0.5) is 0 Å². The molecular formula is C17H17Cl2N5O2. The number of rotatable bonds is 3. The van der Waals surface area contributed by atoms with Gasteiger partial charge in [0.2, 0.25) is 5.91 Å². The lowest BCUT2D eigenvalue weighted by Gasteiger charge is -2.27. The number of pyridine rings is 1. The van der Waals surface area contributed by atoms with Crippen LogP contribution in [0.3, 0.4) is 0 Å². The fraction of sp³-hybridized carbons (Fsp3) is 0.353. The van der Waals surface area contributed by atoms with Crippen LogP contribution in [0.15, 0.2) is 12.3 Å². The van der Waals surface area contributed by atoms with Crippen LogP contribution in [0, 0.1) is 0 Å². The van der Waals surface area contributed by atoms with Crippen molar-refractivity contribution in [1.82, 2.24) is 24.6 Å². The van der Waals surface area contributed by atoms with Gasteiger partial charge < -0.3 is 14.6 Å². The van der Waals surface area contributed by atoms with Gasteiger partial charge in [-0.2, -0.15) is 5.10 Å². The van der Waals surface area contributed by atoms with Crippen molar-refractivity contribution in [3.05, 3.63) is 33.7 Å². The summed E-state index contributed by atoms with van der Waals surface area (Å²) in [5, 5.41) is 5.92. The molecule has 4 rings (SSSR count). The first kappa shape index (κ1) is 17.3. The second kappa shape index (κ2) is 6.57. The van der Waals surface area contributed by atoms with Gasteiger partial charge in [-0.1, -0.05) is 23.2 Å². The van der Waals surface area contributed by atoms with E-state index in [1.54, 1.807) is 9.58 Å². The summed E-state index contributed by atoms with van der Waals surface area (Å²) in [4.78, 5) is 21.9. The molecule has 0 saturated carbocycles. The van der Waals surface area contributed by atoms with E-state index in [1.165, 1.54) is 7.11 Å². The molecular weight excluding hydrogens is 377 g/mol. The Hall–Kier alpha value is -2.09. The number of hydrogen-bond acceptors (Lipinski definition) is 4. The Bertz CT molecular complexity index is 1010. The van der Waals surface area contributed by atoms with Gasteiger partial charge >= 0.3 is 0 Å². The van der Waals surface area contributed by atoms with Crippen LogP contribution in [-0.2, 0) is 29.5 Å². The van der Waals surface area contributed by atoms with Gasteiger partial charge in [-0.3, -0.25) is 9.48 Å². The number of nitrogens with one attached hydrogen (secondary N) is 1. The number of methoxy groups -OCH3 is 1. The number of carbonyl (C=O) groups is 1. The van der Waals surface area contributed by atoms with Crippen molar-refractivity contribution >= 4 is 40.0 Å². The van der Waals surface area contributed by atoms with Crippen LogP contribution in [0.25, 0.3) is 22.3 Å². The molecule has 1 amide bonds. The summed E-state index contributed by atoms with van der Waals surface area (Å²) in [6.07, 6.45) is 2.55. The van der Waals surface area contributed by atoms with E-state index < -0.39 is 0 Å². The first-order chi connectivity index (χ1) is 12.5. The summed E-state index contributed by atoms with van der Waals surface area (Å²) in [5.74, 6) is -0.0418. The van der Waals surface area contributed by atoms with Crippen LogP contribution in [0.1, 0.15) is 11.3 Å². The number of aromatic nitrogens is 4. The summed E-state index contributed by atoms with van der Waals surface area (Å²) >= 11 is 12.7. The molecule has 0 radical (unpaired) electrons. The molecule has 0 unspecified atom stereocenters. The van der Waals surface area contributed by atoms with E-state index in [0.717, 1.165) is 22.2 Å². The number of H-pyrrole nitrogens is 1. The number of carbonyl (C=O) groups excluding carboxylic acids is 1. The predicted octanol–water partition coefficient (Wildman–Crippen LogP) is 2.80. The highest BCUT2D eigenvalue weighted by molar-refractivity contribution is 6.44. The average molecular weight is 394 g/mol. The molecule has 0 spiro atoms. The standard InChI is InChI=1S/C17H17Cl2N5O2/c1-23-5-3-11(22-23)15-13-9-7-24(12(25)8-26-2)6-4-10(9)20-16(13)14(18)17(19)21-15/h3,5,20H,4,6-8H2,1-2H3. The first-order valence-corrected chi connectivity index (χ1v) is 8.90. The number of amides is 1. The van der Waals surface area contributed by atoms with Gasteiger partial charge in [0.25, 0.3) is 0 Å². The Morgan fingerprint density at radius 2 is 2.23 bits per heavy atom. The zero-order valence-corrected chi connectivity index (χ0v) is 15.9. The Kier molecular flexibility index (Phi) is 4.38. The highest BCUT2D eigenvalue weighted by atomic mass is 35.5. The van der Waals surface area contributed by atoms with Crippen molar-refractivity contribution in [1.29, 1.82) is 0 Å². The van der Waals surface area contributed by atoms with Crippen molar-refractivity contribution < 1.29 is 9.53 Å². The van der Waals surface area contributed by atoms with Gasteiger partial charge in [0.1, 0.15) is 23.0 Å². The minimum atomic E-state index is -0.0418.